The van der Waals surface area contributed by atoms with E-state index in [1.165, 1.54) is 31.4 Å². The summed E-state index contributed by atoms with van der Waals surface area (Å²) in [6.07, 6.45) is 11.0. The van der Waals surface area contributed by atoms with Gasteiger partial charge in [-0.25, -0.2) is 0 Å². The molecule has 0 radical (unpaired) electrons. The summed E-state index contributed by atoms with van der Waals surface area (Å²) in [7, 11) is 0. The lowest BCUT2D eigenvalue weighted by Gasteiger charge is -2.42. The molecule has 3 aliphatic rings. The van der Waals surface area contributed by atoms with Gasteiger partial charge in [0.05, 0.1) is 6.26 Å². The van der Waals surface area contributed by atoms with Gasteiger partial charge in [0.25, 0.3) is 5.56 Å². The molecule has 2 fully saturated rings. The summed E-state index contributed by atoms with van der Waals surface area (Å²) in [5, 5.41) is 0. The van der Waals surface area contributed by atoms with Gasteiger partial charge in [0.15, 0.2) is 0 Å². The van der Waals surface area contributed by atoms with E-state index in [2.05, 4.69) is 38.7 Å². The van der Waals surface area contributed by atoms with E-state index in [-0.39, 0.29) is 5.56 Å². The maximum Gasteiger partial charge on any atom is 0.255 e. The van der Waals surface area contributed by atoms with Gasteiger partial charge in [-0.15, -0.1) is 0 Å². The molecule has 0 spiro atoms. The van der Waals surface area contributed by atoms with E-state index in [4.69, 9.17) is 4.42 Å². The molecule has 2 bridgehead atoms. The molecular weight excluding hydrogens is 362 g/mol. The minimum atomic E-state index is 0.258. The normalized spacial score (nSPS) is 25.4. The molecule has 0 unspecified atom stereocenters. The maximum absolute atomic E-state index is 13.2. The molecule has 29 heavy (non-hydrogen) atoms. The fourth-order valence-corrected chi connectivity index (χ4v) is 5.42. The Bertz CT molecular complexity index is 909. The molecule has 2 saturated heterocycles. The van der Waals surface area contributed by atoms with Crippen LogP contribution in [-0.4, -0.2) is 47.1 Å². The highest BCUT2D eigenvalue weighted by Crippen LogP contribution is 2.35. The van der Waals surface area contributed by atoms with E-state index in [1.807, 2.05) is 12.1 Å². The van der Waals surface area contributed by atoms with Gasteiger partial charge in [-0.05, 0) is 62.5 Å². The van der Waals surface area contributed by atoms with Crippen molar-refractivity contribution in [2.45, 2.75) is 44.7 Å². The highest BCUT2D eigenvalue weighted by atomic mass is 16.3. The van der Waals surface area contributed by atoms with Crippen LogP contribution >= 0.6 is 0 Å². The van der Waals surface area contributed by atoms with Crippen molar-refractivity contribution in [1.29, 1.82) is 0 Å². The molecule has 5 nitrogen and oxygen atoms in total. The Labute approximate surface area is 172 Å². The number of aromatic nitrogens is 1. The van der Waals surface area contributed by atoms with Gasteiger partial charge >= 0.3 is 0 Å². The molecule has 0 aromatic carbocycles. The van der Waals surface area contributed by atoms with Gasteiger partial charge in [-0.3, -0.25) is 14.6 Å². The molecule has 2 aromatic heterocycles. The van der Waals surface area contributed by atoms with Gasteiger partial charge in [0, 0.05) is 49.9 Å². The number of fused-ring (bicyclic) bond motifs is 4. The Morgan fingerprint density at radius 2 is 1.93 bits per heavy atom. The summed E-state index contributed by atoms with van der Waals surface area (Å²) in [6, 6.07) is 8.24. The van der Waals surface area contributed by atoms with Gasteiger partial charge in [-0.2, -0.15) is 0 Å². The van der Waals surface area contributed by atoms with Crippen LogP contribution in [0.15, 0.2) is 45.8 Å². The van der Waals surface area contributed by atoms with Crippen LogP contribution < -0.4 is 5.56 Å². The van der Waals surface area contributed by atoms with Crippen molar-refractivity contribution in [2.75, 3.05) is 32.7 Å². The molecule has 0 aliphatic carbocycles. The highest BCUT2D eigenvalue weighted by Gasteiger charge is 2.34. The minimum Gasteiger partial charge on any atom is -0.465 e. The molecule has 0 N–H and O–H groups in total. The van der Waals surface area contributed by atoms with Crippen LogP contribution in [0.2, 0.25) is 0 Å². The van der Waals surface area contributed by atoms with Gasteiger partial charge in [0.1, 0.15) is 5.76 Å². The summed E-state index contributed by atoms with van der Waals surface area (Å²) >= 11 is 0. The second kappa shape index (κ2) is 8.33. The standard InChI is InChI=1S/C24H31N3O2/c28-24-20(17-25-10-2-1-3-11-25)8-9-23-21-14-19(16-27(23)24)15-26(18-21)12-4-6-22-7-5-13-29-22/h4-9,13,19,21H,1-3,10-12,14-18H2/b6-4+/t19-,21+/m0/s1. The number of hydrogen-bond acceptors (Lipinski definition) is 4. The number of piperidine rings is 2. The number of rotatable bonds is 5. The predicted octanol–water partition coefficient (Wildman–Crippen LogP) is 3.56. The highest BCUT2D eigenvalue weighted by molar-refractivity contribution is 5.42. The maximum atomic E-state index is 13.2. The molecule has 5 heteroatoms. The van der Waals surface area contributed by atoms with Crippen molar-refractivity contribution >= 4 is 6.08 Å². The quantitative estimate of drug-likeness (QED) is 0.779. The first-order valence-corrected chi connectivity index (χ1v) is 11.1. The first-order valence-electron chi connectivity index (χ1n) is 11.1. The molecule has 0 saturated carbocycles. The van der Waals surface area contributed by atoms with Crippen LogP contribution in [-0.2, 0) is 13.1 Å². The van der Waals surface area contributed by atoms with Crippen LogP contribution in [0.4, 0.5) is 0 Å². The summed E-state index contributed by atoms with van der Waals surface area (Å²) in [5.41, 5.74) is 2.48. The third-order valence-electron chi connectivity index (χ3n) is 6.79. The molecule has 2 atom stereocenters. The Hall–Kier alpha value is -2.11. The lowest BCUT2D eigenvalue weighted by atomic mass is 9.83. The van der Waals surface area contributed by atoms with Crippen molar-refractivity contribution in [3.05, 3.63) is 64.0 Å². The largest absolute Gasteiger partial charge is 0.465 e. The van der Waals surface area contributed by atoms with Crippen LogP contribution in [0.3, 0.4) is 0 Å². The van der Waals surface area contributed by atoms with Crippen molar-refractivity contribution in [2.24, 2.45) is 5.92 Å². The molecule has 5 rings (SSSR count). The molecule has 154 valence electrons. The number of hydrogen-bond donors (Lipinski definition) is 0. The zero-order valence-electron chi connectivity index (χ0n) is 17.1. The topological polar surface area (TPSA) is 41.6 Å². The number of furan rings is 1. The summed E-state index contributed by atoms with van der Waals surface area (Å²) < 4.78 is 7.48. The zero-order chi connectivity index (χ0) is 19.6. The second-order valence-corrected chi connectivity index (χ2v) is 8.97. The summed E-state index contributed by atoms with van der Waals surface area (Å²) in [5.74, 6) is 1.94. The van der Waals surface area contributed by atoms with Crippen LogP contribution in [0.25, 0.3) is 6.08 Å². The van der Waals surface area contributed by atoms with E-state index in [9.17, 15) is 4.79 Å². The van der Waals surface area contributed by atoms with E-state index < -0.39 is 0 Å². The SMILES string of the molecule is O=c1c(CN2CCCCC2)ccc2n1C[C@H]1C[C@@H]2CN(C/C=C/c2ccco2)C1. The van der Waals surface area contributed by atoms with Crippen molar-refractivity contribution in [3.63, 3.8) is 0 Å². The smallest absolute Gasteiger partial charge is 0.255 e. The number of pyridine rings is 1. The van der Waals surface area contributed by atoms with Crippen molar-refractivity contribution < 1.29 is 4.42 Å². The minimum absolute atomic E-state index is 0.258. The fourth-order valence-electron chi connectivity index (χ4n) is 5.42. The fraction of sp³-hybridized carbons (Fsp3) is 0.542. The monoisotopic (exact) mass is 393 g/mol. The Morgan fingerprint density at radius 3 is 2.76 bits per heavy atom. The summed E-state index contributed by atoms with van der Waals surface area (Å²) in [4.78, 5) is 18.2. The molecular formula is C24H31N3O2. The average molecular weight is 394 g/mol. The average Bonchev–Trinajstić information content (AvgIpc) is 3.25. The molecule has 2 aromatic rings. The summed E-state index contributed by atoms with van der Waals surface area (Å²) in [6.45, 7) is 6.99. The van der Waals surface area contributed by atoms with Crippen molar-refractivity contribution in [3.8, 4) is 0 Å². The molecule has 5 heterocycles. The van der Waals surface area contributed by atoms with Gasteiger partial charge in [-0.1, -0.05) is 18.6 Å². The van der Waals surface area contributed by atoms with E-state index in [0.717, 1.165) is 57.1 Å². The zero-order valence-corrected chi connectivity index (χ0v) is 17.1. The van der Waals surface area contributed by atoms with Crippen LogP contribution in [0, 0.1) is 5.92 Å². The Morgan fingerprint density at radius 1 is 1.03 bits per heavy atom. The first-order chi connectivity index (χ1) is 14.3. The third-order valence-corrected chi connectivity index (χ3v) is 6.79. The van der Waals surface area contributed by atoms with Crippen LogP contribution in [0.1, 0.15) is 48.6 Å². The van der Waals surface area contributed by atoms with E-state index in [1.54, 1.807) is 6.26 Å². The Balaban J connectivity index is 1.28. The second-order valence-electron chi connectivity index (χ2n) is 8.97. The molecule has 3 aliphatic heterocycles. The third kappa shape index (κ3) is 4.12. The molecule has 0 amide bonds. The van der Waals surface area contributed by atoms with Crippen LogP contribution in [0.5, 0.6) is 0 Å². The lowest BCUT2D eigenvalue weighted by Crippen LogP contribution is -2.47. The van der Waals surface area contributed by atoms with Gasteiger partial charge in [0.2, 0.25) is 0 Å². The number of likely N-dealkylation sites (tertiary alicyclic amines) is 2. The van der Waals surface area contributed by atoms with Gasteiger partial charge < -0.3 is 8.98 Å². The first kappa shape index (κ1) is 18.9. The van der Waals surface area contributed by atoms with E-state index in [0.29, 0.717) is 11.8 Å². The Kier molecular flexibility index (Phi) is 5.42. The number of nitrogens with zero attached hydrogens (tertiary/aromatic N) is 3. The lowest BCUT2D eigenvalue weighted by molar-refractivity contribution is 0.131. The van der Waals surface area contributed by atoms with E-state index >= 15 is 0 Å². The predicted molar refractivity (Wildman–Crippen MR) is 115 cm³/mol. The van der Waals surface area contributed by atoms with Crippen molar-refractivity contribution in [1.82, 2.24) is 14.4 Å².